The minimum Gasteiger partial charge on any atom is -0.493 e. The fourth-order valence-electron chi connectivity index (χ4n) is 2.61. The summed E-state index contributed by atoms with van der Waals surface area (Å²) in [5, 5.41) is 1.09. The summed E-state index contributed by atoms with van der Waals surface area (Å²) in [5.74, 6) is 0.279. The second-order valence-electron chi connectivity index (χ2n) is 6.06. The van der Waals surface area contributed by atoms with Gasteiger partial charge in [0.05, 0.1) is 23.6 Å². The molecule has 2 aromatic rings. The van der Waals surface area contributed by atoms with E-state index in [1.807, 2.05) is 19.1 Å². The topological polar surface area (TPSA) is 67.9 Å². The van der Waals surface area contributed by atoms with E-state index in [-0.39, 0.29) is 4.32 Å². The molecular weight excluding hydrogens is 476 g/mol. The van der Waals surface area contributed by atoms with Crippen molar-refractivity contribution in [1.29, 1.82) is 0 Å². The van der Waals surface area contributed by atoms with Gasteiger partial charge in [0, 0.05) is 5.56 Å². The summed E-state index contributed by atoms with van der Waals surface area (Å²) < 4.78 is 11.6. The predicted molar refractivity (Wildman–Crippen MR) is 121 cm³/mol. The number of nitrogens with zero attached hydrogens (tertiary/aromatic N) is 1. The number of hydrogen-bond acceptors (Lipinski definition) is 6. The van der Waals surface area contributed by atoms with Crippen LogP contribution in [0.4, 0.5) is 0 Å². The van der Waals surface area contributed by atoms with Crippen LogP contribution in [0, 0.1) is 6.92 Å². The third-order valence-electron chi connectivity index (χ3n) is 4.07. The maximum atomic E-state index is 12.8. The number of halogens is 1. The molecule has 0 bridgehead atoms. The van der Waals surface area contributed by atoms with Gasteiger partial charge in [0.2, 0.25) is 0 Å². The maximum Gasteiger partial charge on any atom is 0.285 e. The van der Waals surface area contributed by atoms with Crippen LogP contribution in [0.15, 0.2) is 45.8 Å². The van der Waals surface area contributed by atoms with Crippen molar-refractivity contribution in [3.8, 4) is 11.5 Å². The molecule has 0 spiro atoms. The molecule has 2 amide bonds. The Bertz CT molecular complexity index is 1020. The van der Waals surface area contributed by atoms with Gasteiger partial charge in [0.15, 0.2) is 15.8 Å². The normalized spacial score (nSPS) is 15.0. The van der Waals surface area contributed by atoms with Gasteiger partial charge in [-0.05, 0) is 71.0 Å². The summed E-state index contributed by atoms with van der Waals surface area (Å²) in [6, 6.07) is 10.6. The summed E-state index contributed by atoms with van der Waals surface area (Å²) >= 11 is 9.82. The standard InChI is InChI=1S/C20H17BrN2O4S2/c1-11-4-6-13(7-5-11)18(24)22-23-19(25)16(29-20(23)28)10-12-8-14(21)17(27-3)15(9-12)26-2/h4-10H,1-3H3,(H,22,24)/b16-10-. The quantitative estimate of drug-likeness (QED) is 0.495. The van der Waals surface area contributed by atoms with Crippen LogP contribution in [-0.2, 0) is 4.79 Å². The first kappa shape index (κ1) is 21.4. The lowest BCUT2D eigenvalue weighted by Gasteiger charge is -2.15. The minimum atomic E-state index is -0.406. The van der Waals surface area contributed by atoms with Crippen molar-refractivity contribution in [1.82, 2.24) is 10.4 Å². The lowest BCUT2D eigenvalue weighted by Crippen LogP contribution is -2.44. The van der Waals surface area contributed by atoms with Crippen molar-refractivity contribution in [2.75, 3.05) is 14.2 Å². The molecule has 0 atom stereocenters. The zero-order chi connectivity index (χ0) is 21.1. The van der Waals surface area contributed by atoms with Crippen LogP contribution in [0.25, 0.3) is 6.08 Å². The van der Waals surface area contributed by atoms with Crippen LogP contribution in [0.2, 0.25) is 0 Å². The predicted octanol–water partition coefficient (Wildman–Crippen LogP) is 4.32. The number of benzene rings is 2. The van der Waals surface area contributed by atoms with Gasteiger partial charge in [-0.25, -0.2) is 0 Å². The van der Waals surface area contributed by atoms with Gasteiger partial charge in [-0.3, -0.25) is 15.0 Å². The summed E-state index contributed by atoms with van der Waals surface area (Å²) in [4.78, 5) is 25.6. The van der Waals surface area contributed by atoms with Gasteiger partial charge in [-0.1, -0.05) is 29.5 Å². The molecule has 1 saturated heterocycles. The Labute approximate surface area is 186 Å². The number of nitrogens with one attached hydrogen (secondary N) is 1. The summed E-state index contributed by atoms with van der Waals surface area (Å²) in [6.07, 6.45) is 1.68. The molecule has 3 rings (SSSR count). The number of carbonyl (C=O) groups is 2. The highest BCUT2D eigenvalue weighted by molar-refractivity contribution is 9.10. The minimum absolute atomic E-state index is 0.251. The Balaban J connectivity index is 1.82. The van der Waals surface area contributed by atoms with Crippen LogP contribution in [0.5, 0.6) is 11.5 Å². The van der Waals surface area contributed by atoms with Crippen molar-refractivity contribution in [2.45, 2.75) is 6.92 Å². The average molecular weight is 493 g/mol. The van der Waals surface area contributed by atoms with E-state index in [1.165, 1.54) is 7.11 Å². The highest BCUT2D eigenvalue weighted by Gasteiger charge is 2.34. The van der Waals surface area contributed by atoms with E-state index in [4.69, 9.17) is 21.7 Å². The number of carbonyl (C=O) groups excluding carboxylic acids is 2. The molecular formula is C20H17BrN2O4S2. The number of aryl methyl sites for hydroxylation is 1. The molecule has 150 valence electrons. The molecule has 2 aromatic carbocycles. The fraction of sp³-hybridized carbons (Fsp3) is 0.150. The van der Waals surface area contributed by atoms with E-state index < -0.39 is 11.8 Å². The van der Waals surface area contributed by atoms with E-state index in [2.05, 4.69) is 21.4 Å². The van der Waals surface area contributed by atoms with Crippen molar-refractivity contribution < 1.29 is 19.1 Å². The largest absolute Gasteiger partial charge is 0.493 e. The highest BCUT2D eigenvalue weighted by Crippen LogP contribution is 2.38. The summed E-state index contributed by atoms with van der Waals surface area (Å²) in [5.41, 5.74) is 4.77. The lowest BCUT2D eigenvalue weighted by atomic mass is 10.1. The Morgan fingerprint density at radius 2 is 1.90 bits per heavy atom. The average Bonchev–Trinajstić information content (AvgIpc) is 2.95. The van der Waals surface area contributed by atoms with E-state index in [1.54, 1.807) is 37.5 Å². The van der Waals surface area contributed by atoms with Crippen molar-refractivity contribution in [3.63, 3.8) is 0 Å². The van der Waals surface area contributed by atoms with E-state index >= 15 is 0 Å². The first-order valence-corrected chi connectivity index (χ1v) is 10.4. The van der Waals surface area contributed by atoms with Gasteiger partial charge >= 0.3 is 0 Å². The zero-order valence-corrected chi connectivity index (χ0v) is 19.0. The van der Waals surface area contributed by atoms with E-state index in [0.29, 0.717) is 26.4 Å². The third kappa shape index (κ3) is 4.63. The first-order chi connectivity index (χ1) is 13.8. The first-order valence-electron chi connectivity index (χ1n) is 8.41. The Kier molecular flexibility index (Phi) is 6.61. The smallest absolute Gasteiger partial charge is 0.285 e. The van der Waals surface area contributed by atoms with Crippen molar-refractivity contribution in [2.24, 2.45) is 0 Å². The van der Waals surface area contributed by atoms with Crippen LogP contribution in [-0.4, -0.2) is 35.4 Å². The maximum absolute atomic E-state index is 12.8. The van der Waals surface area contributed by atoms with E-state index in [0.717, 1.165) is 27.9 Å². The van der Waals surface area contributed by atoms with Gasteiger partial charge in [-0.15, -0.1) is 0 Å². The molecule has 29 heavy (non-hydrogen) atoms. The Morgan fingerprint density at radius 1 is 1.21 bits per heavy atom. The van der Waals surface area contributed by atoms with Crippen LogP contribution in [0.1, 0.15) is 21.5 Å². The third-order valence-corrected chi connectivity index (χ3v) is 5.97. The number of thioether (sulfide) groups is 1. The Hall–Kier alpha value is -2.36. The highest BCUT2D eigenvalue weighted by atomic mass is 79.9. The second kappa shape index (κ2) is 8.98. The fourth-order valence-corrected chi connectivity index (χ4v) is 4.41. The molecule has 1 heterocycles. The van der Waals surface area contributed by atoms with E-state index in [9.17, 15) is 9.59 Å². The molecule has 0 radical (unpaired) electrons. The summed E-state index contributed by atoms with van der Waals surface area (Å²) in [6.45, 7) is 1.93. The molecule has 0 aliphatic carbocycles. The van der Waals surface area contributed by atoms with Gasteiger partial charge in [-0.2, -0.15) is 5.01 Å². The molecule has 1 aliphatic rings. The molecule has 6 nitrogen and oxygen atoms in total. The Morgan fingerprint density at radius 3 is 2.52 bits per heavy atom. The van der Waals surface area contributed by atoms with Crippen LogP contribution in [0.3, 0.4) is 0 Å². The molecule has 1 aliphatic heterocycles. The number of hydrogen-bond donors (Lipinski definition) is 1. The number of thiocarbonyl (C=S) groups is 1. The number of ether oxygens (including phenoxy) is 2. The number of rotatable bonds is 5. The van der Waals surface area contributed by atoms with Gasteiger partial charge in [0.1, 0.15) is 0 Å². The molecule has 9 heteroatoms. The number of hydrazine groups is 1. The lowest BCUT2D eigenvalue weighted by molar-refractivity contribution is -0.123. The molecule has 1 N–H and O–H groups in total. The molecule has 0 aromatic heterocycles. The molecule has 1 fully saturated rings. The second-order valence-corrected chi connectivity index (χ2v) is 8.59. The number of methoxy groups -OCH3 is 2. The van der Waals surface area contributed by atoms with Crippen molar-refractivity contribution in [3.05, 3.63) is 62.5 Å². The summed E-state index contributed by atoms with van der Waals surface area (Å²) in [7, 11) is 3.08. The van der Waals surface area contributed by atoms with Gasteiger partial charge in [0.25, 0.3) is 11.8 Å². The van der Waals surface area contributed by atoms with Crippen LogP contribution >= 0.6 is 39.9 Å². The molecule has 0 unspecified atom stereocenters. The van der Waals surface area contributed by atoms with Crippen molar-refractivity contribution >= 4 is 62.1 Å². The van der Waals surface area contributed by atoms with Gasteiger partial charge < -0.3 is 9.47 Å². The SMILES string of the molecule is COc1cc(/C=C2\SC(=S)N(NC(=O)c3ccc(C)cc3)C2=O)cc(Br)c1OC. The van der Waals surface area contributed by atoms with Crippen LogP contribution < -0.4 is 14.9 Å². The zero-order valence-electron chi connectivity index (χ0n) is 15.8. The molecule has 0 saturated carbocycles. The number of amides is 2. The monoisotopic (exact) mass is 492 g/mol.